The summed E-state index contributed by atoms with van der Waals surface area (Å²) in [6.07, 6.45) is 1.57. The maximum Gasteiger partial charge on any atom is 0.320 e. The van der Waals surface area contributed by atoms with Gasteiger partial charge in [0, 0.05) is 28.2 Å². The van der Waals surface area contributed by atoms with Crippen LogP contribution in [-0.2, 0) is 0 Å². The molecule has 8 nitrogen and oxygen atoms in total. The molecule has 1 aromatic carbocycles. The summed E-state index contributed by atoms with van der Waals surface area (Å²) in [4.78, 5) is 25.2. The van der Waals surface area contributed by atoms with E-state index in [1.807, 2.05) is 20.8 Å². The van der Waals surface area contributed by atoms with Gasteiger partial charge in [-0.05, 0) is 39.0 Å². The zero-order chi connectivity index (χ0) is 20.5. The number of urea groups is 1. The molecule has 0 spiro atoms. The lowest BCUT2D eigenvalue weighted by atomic mass is 10.0. The van der Waals surface area contributed by atoms with Gasteiger partial charge in [0.15, 0.2) is 5.65 Å². The van der Waals surface area contributed by atoms with Crippen molar-refractivity contribution in [2.45, 2.75) is 26.3 Å². The number of hydrogen-bond acceptors (Lipinski definition) is 6. The van der Waals surface area contributed by atoms with E-state index in [1.54, 1.807) is 30.5 Å². The van der Waals surface area contributed by atoms with Gasteiger partial charge in [-0.3, -0.25) is 10.7 Å². The third-order valence-electron chi connectivity index (χ3n) is 3.65. The molecule has 28 heavy (non-hydrogen) atoms. The Morgan fingerprint density at radius 3 is 2.43 bits per heavy atom. The van der Waals surface area contributed by atoms with E-state index in [0.29, 0.717) is 32.2 Å². The van der Waals surface area contributed by atoms with Gasteiger partial charge in [-0.2, -0.15) is 4.98 Å². The number of amides is 2. The first-order valence-corrected chi connectivity index (χ1v) is 9.11. The summed E-state index contributed by atoms with van der Waals surface area (Å²) in [6, 6.07) is 6.51. The van der Waals surface area contributed by atoms with Crippen molar-refractivity contribution in [3.05, 3.63) is 40.5 Å². The lowest BCUT2D eigenvalue weighted by Gasteiger charge is -2.21. The highest BCUT2D eigenvalue weighted by atomic mass is 35.5. The van der Waals surface area contributed by atoms with Gasteiger partial charge in [-0.25, -0.2) is 20.6 Å². The highest BCUT2D eigenvalue weighted by Gasteiger charge is 2.20. The molecule has 0 atom stereocenters. The lowest BCUT2D eigenvalue weighted by Crippen LogP contribution is -2.43. The standard InChI is InChI=1S/C18H19Cl2N7O/c1-18(2,3)26-17(28)25-15-10(13-11(19)5-4-6-12(13)20)7-9-8-22-16(27-21)24-14(9)23-15/h4-8H,21H2,1-3H3,(H3,22,23,24,25,26,27,28). The lowest BCUT2D eigenvalue weighted by molar-refractivity contribution is 0.243. The zero-order valence-corrected chi connectivity index (χ0v) is 17.0. The number of carbonyl (C=O) groups excluding carboxylic acids is 1. The Balaban J connectivity index is 2.18. The number of hydrazine groups is 1. The maximum absolute atomic E-state index is 12.4. The molecule has 0 fully saturated rings. The van der Waals surface area contributed by atoms with E-state index in [-0.39, 0.29) is 11.8 Å². The first kappa shape index (κ1) is 20.1. The van der Waals surface area contributed by atoms with E-state index in [1.165, 1.54) is 0 Å². The van der Waals surface area contributed by atoms with Crippen LogP contribution in [0.25, 0.3) is 22.2 Å². The topological polar surface area (TPSA) is 118 Å². The average Bonchev–Trinajstić information content (AvgIpc) is 2.59. The molecular weight excluding hydrogens is 401 g/mol. The van der Waals surface area contributed by atoms with E-state index < -0.39 is 11.6 Å². The molecule has 3 aromatic rings. The first-order valence-electron chi connectivity index (χ1n) is 8.36. The molecular formula is C18H19Cl2N7O. The van der Waals surface area contributed by atoms with Gasteiger partial charge in [0.1, 0.15) is 5.82 Å². The highest BCUT2D eigenvalue weighted by molar-refractivity contribution is 6.39. The Morgan fingerprint density at radius 1 is 1.14 bits per heavy atom. The van der Waals surface area contributed by atoms with Gasteiger partial charge in [0.05, 0.1) is 10.0 Å². The maximum atomic E-state index is 12.4. The van der Waals surface area contributed by atoms with E-state index in [4.69, 9.17) is 29.0 Å². The van der Waals surface area contributed by atoms with Crippen molar-refractivity contribution in [1.82, 2.24) is 20.3 Å². The van der Waals surface area contributed by atoms with Gasteiger partial charge in [-0.1, -0.05) is 29.3 Å². The number of fused-ring (bicyclic) bond motifs is 1. The Labute approximate surface area is 171 Å². The van der Waals surface area contributed by atoms with E-state index in [2.05, 4.69) is 31.0 Å². The monoisotopic (exact) mass is 419 g/mol. The number of hydrogen-bond donors (Lipinski definition) is 4. The van der Waals surface area contributed by atoms with Crippen LogP contribution in [-0.4, -0.2) is 26.5 Å². The third-order valence-corrected chi connectivity index (χ3v) is 4.28. The molecule has 10 heteroatoms. The van der Waals surface area contributed by atoms with E-state index in [9.17, 15) is 4.79 Å². The molecule has 146 valence electrons. The Morgan fingerprint density at radius 2 is 1.82 bits per heavy atom. The van der Waals surface area contributed by atoms with Crippen molar-refractivity contribution in [2.24, 2.45) is 5.84 Å². The van der Waals surface area contributed by atoms with Crippen LogP contribution in [0.1, 0.15) is 20.8 Å². The fourth-order valence-corrected chi connectivity index (χ4v) is 3.15. The minimum Gasteiger partial charge on any atom is -0.333 e. The van der Waals surface area contributed by atoms with Crippen molar-refractivity contribution >= 4 is 52.0 Å². The Kier molecular flexibility index (Phi) is 5.55. The number of nitrogen functional groups attached to an aromatic ring is 1. The van der Waals surface area contributed by atoms with Gasteiger partial charge in [0.2, 0.25) is 5.95 Å². The molecule has 0 radical (unpaired) electrons. The second-order valence-electron chi connectivity index (χ2n) is 7.06. The first-order chi connectivity index (χ1) is 13.2. The minimum atomic E-state index is -0.429. The van der Waals surface area contributed by atoms with Crippen LogP contribution in [0.5, 0.6) is 0 Å². The summed E-state index contributed by atoms with van der Waals surface area (Å²) in [5.74, 6) is 5.83. The molecule has 0 unspecified atom stereocenters. The highest BCUT2D eigenvalue weighted by Crippen LogP contribution is 2.39. The predicted octanol–water partition coefficient (Wildman–Crippen LogP) is 4.20. The number of anilines is 2. The van der Waals surface area contributed by atoms with Crippen molar-refractivity contribution in [3.8, 4) is 11.1 Å². The molecule has 3 rings (SSSR count). The number of halogens is 2. The van der Waals surface area contributed by atoms with Gasteiger partial charge in [0.25, 0.3) is 0 Å². The largest absolute Gasteiger partial charge is 0.333 e. The minimum absolute atomic E-state index is 0.202. The SMILES string of the molecule is CC(C)(C)NC(=O)Nc1nc2nc(NN)ncc2cc1-c1c(Cl)cccc1Cl. The van der Waals surface area contributed by atoms with Gasteiger partial charge >= 0.3 is 6.03 Å². The Bertz CT molecular complexity index is 1030. The van der Waals surface area contributed by atoms with Crippen molar-refractivity contribution in [2.75, 3.05) is 10.7 Å². The summed E-state index contributed by atoms with van der Waals surface area (Å²) in [5, 5.41) is 7.07. The normalized spacial score (nSPS) is 11.4. The van der Waals surface area contributed by atoms with Crippen molar-refractivity contribution < 1.29 is 4.79 Å². The molecule has 5 N–H and O–H groups in total. The number of nitrogens with zero attached hydrogens (tertiary/aromatic N) is 3. The second-order valence-corrected chi connectivity index (χ2v) is 7.88. The van der Waals surface area contributed by atoms with Crippen LogP contribution in [0.2, 0.25) is 10.0 Å². The molecule has 0 bridgehead atoms. The summed E-state index contributed by atoms with van der Waals surface area (Å²) in [7, 11) is 0. The molecule has 0 saturated heterocycles. The molecule has 2 aromatic heterocycles. The third kappa shape index (κ3) is 4.41. The number of benzene rings is 1. The summed E-state index contributed by atoms with van der Waals surface area (Å²) in [5.41, 5.74) is 3.38. The summed E-state index contributed by atoms with van der Waals surface area (Å²) >= 11 is 12.8. The summed E-state index contributed by atoms with van der Waals surface area (Å²) in [6.45, 7) is 5.62. The second kappa shape index (κ2) is 7.75. The van der Waals surface area contributed by atoms with Crippen LogP contribution >= 0.6 is 23.2 Å². The summed E-state index contributed by atoms with van der Waals surface area (Å²) < 4.78 is 0. The number of nitrogens with two attached hydrogens (primary N) is 1. The molecule has 0 aliphatic carbocycles. The van der Waals surface area contributed by atoms with Gasteiger partial charge < -0.3 is 5.32 Å². The fourth-order valence-electron chi connectivity index (χ4n) is 2.55. The number of pyridine rings is 1. The fraction of sp³-hybridized carbons (Fsp3) is 0.222. The van der Waals surface area contributed by atoms with Crippen LogP contribution in [0.15, 0.2) is 30.5 Å². The van der Waals surface area contributed by atoms with E-state index >= 15 is 0 Å². The number of nitrogens with one attached hydrogen (secondary N) is 3. The van der Waals surface area contributed by atoms with E-state index in [0.717, 1.165) is 0 Å². The molecule has 0 aliphatic heterocycles. The predicted molar refractivity (Wildman–Crippen MR) is 113 cm³/mol. The van der Waals surface area contributed by atoms with Gasteiger partial charge in [-0.15, -0.1) is 0 Å². The van der Waals surface area contributed by atoms with Crippen LogP contribution in [0, 0.1) is 0 Å². The average molecular weight is 420 g/mol. The smallest absolute Gasteiger partial charge is 0.320 e. The van der Waals surface area contributed by atoms with Crippen molar-refractivity contribution in [3.63, 3.8) is 0 Å². The quantitative estimate of drug-likeness (QED) is 0.373. The molecule has 0 aliphatic rings. The Hall–Kier alpha value is -2.68. The van der Waals surface area contributed by atoms with Crippen molar-refractivity contribution in [1.29, 1.82) is 0 Å². The van der Waals surface area contributed by atoms with Crippen LogP contribution < -0.4 is 21.9 Å². The number of carbonyl (C=O) groups is 1. The number of rotatable bonds is 3. The molecule has 0 saturated carbocycles. The van der Waals surface area contributed by atoms with Crippen LogP contribution in [0.4, 0.5) is 16.6 Å². The zero-order valence-electron chi connectivity index (χ0n) is 15.5. The molecule has 2 amide bonds. The van der Waals surface area contributed by atoms with Crippen LogP contribution in [0.3, 0.4) is 0 Å². The molecule has 2 heterocycles. The number of aromatic nitrogens is 3.